The Labute approximate surface area is 123 Å². The topological polar surface area (TPSA) is 49.4 Å². The van der Waals surface area contributed by atoms with E-state index in [2.05, 4.69) is 26.1 Å². The average Bonchev–Trinajstić information content (AvgIpc) is 2.33. The minimum absolute atomic E-state index is 0.0287. The van der Waals surface area contributed by atoms with Gasteiger partial charge in [-0.2, -0.15) is 0 Å². The number of amides is 2. The van der Waals surface area contributed by atoms with Crippen LogP contribution in [0.4, 0.5) is 0 Å². The Morgan fingerprint density at radius 2 is 1.70 bits per heavy atom. The molecule has 0 aromatic rings. The van der Waals surface area contributed by atoms with Gasteiger partial charge in [0, 0.05) is 6.04 Å². The van der Waals surface area contributed by atoms with Crippen molar-refractivity contribution in [2.45, 2.75) is 78.9 Å². The summed E-state index contributed by atoms with van der Waals surface area (Å²) >= 11 is 0. The van der Waals surface area contributed by atoms with Gasteiger partial charge >= 0.3 is 0 Å². The molecule has 1 fully saturated rings. The Morgan fingerprint density at radius 3 is 2.20 bits per heavy atom. The molecule has 2 amide bonds. The van der Waals surface area contributed by atoms with Crippen LogP contribution in [0.1, 0.15) is 60.8 Å². The molecule has 0 spiro atoms. The summed E-state index contributed by atoms with van der Waals surface area (Å²) in [6, 6.07) is -0.596. The van der Waals surface area contributed by atoms with Crippen LogP contribution in [-0.2, 0) is 9.59 Å². The van der Waals surface area contributed by atoms with Crippen LogP contribution >= 0.6 is 0 Å². The molecular weight excluding hydrogens is 252 g/mol. The molecule has 3 atom stereocenters. The zero-order valence-electron chi connectivity index (χ0n) is 13.8. The van der Waals surface area contributed by atoms with E-state index < -0.39 is 0 Å². The lowest BCUT2D eigenvalue weighted by Crippen LogP contribution is -2.65. The first-order chi connectivity index (χ1) is 9.25. The van der Waals surface area contributed by atoms with Crippen LogP contribution in [0, 0.1) is 11.8 Å². The highest BCUT2D eigenvalue weighted by Crippen LogP contribution is 2.21. The Bertz CT molecular complexity index is 352. The Kier molecular flexibility index (Phi) is 6.03. The van der Waals surface area contributed by atoms with E-state index in [9.17, 15) is 9.59 Å². The summed E-state index contributed by atoms with van der Waals surface area (Å²) in [5.74, 6) is 0.857. The van der Waals surface area contributed by atoms with E-state index in [0.29, 0.717) is 5.92 Å². The van der Waals surface area contributed by atoms with Crippen LogP contribution in [0.25, 0.3) is 0 Å². The molecule has 1 rings (SSSR count). The molecule has 4 nitrogen and oxygen atoms in total. The molecule has 0 saturated carbocycles. The molecule has 20 heavy (non-hydrogen) atoms. The van der Waals surface area contributed by atoms with Gasteiger partial charge in [0.15, 0.2) is 0 Å². The molecule has 1 N–H and O–H groups in total. The van der Waals surface area contributed by atoms with E-state index in [0.717, 1.165) is 12.8 Å². The van der Waals surface area contributed by atoms with Crippen molar-refractivity contribution in [3.63, 3.8) is 0 Å². The molecule has 0 radical (unpaired) electrons. The Morgan fingerprint density at radius 1 is 1.10 bits per heavy atom. The van der Waals surface area contributed by atoms with Crippen molar-refractivity contribution in [3.8, 4) is 0 Å². The van der Waals surface area contributed by atoms with Crippen molar-refractivity contribution in [1.29, 1.82) is 0 Å². The van der Waals surface area contributed by atoms with Gasteiger partial charge in [0.05, 0.1) is 0 Å². The van der Waals surface area contributed by atoms with E-state index in [1.807, 2.05) is 20.8 Å². The average molecular weight is 282 g/mol. The minimum atomic E-state index is -0.369. The molecule has 0 bridgehead atoms. The summed E-state index contributed by atoms with van der Waals surface area (Å²) in [6.45, 7) is 12.2. The van der Waals surface area contributed by atoms with Crippen molar-refractivity contribution in [2.75, 3.05) is 0 Å². The van der Waals surface area contributed by atoms with E-state index in [1.165, 1.54) is 6.42 Å². The predicted octanol–water partition coefficient (Wildman–Crippen LogP) is 2.57. The molecule has 0 aromatic carbocycles. The van der Waals surface area contributed by atoms with Crippen LogP contribution in [0.2, 0.25) is 0 Å². The zero-order valence-corrected chi connectivity index (χ0v) is 13.8. The first-order valence-corrected chi connectivity index (χ1v) is 7.88. The van der Waals surface area contributed by atoms with Crippen LogP contribution in [0.3, 0.4) is 0 Å². The van der Waals surface area contributed by atoms with E-state index in [4.69, 9.17) is 0 Å². The second-order valence-electron chi connectivity index (χ2n) is 6.83. The molecule has 0 aromatic heterocycles. The lowest BCUT2D eigenvalue weighted by molar-refractivity contribution is -0.152. The van der Waals surface area contributed by atoms with Crippen LogP contribution in [0.5, 0.6) is 0 Å². The van der Waals surface area contributed by atoms with Crippen LogP contribution in [-0.4, -0.2) is 34.8 Å². The quantitative estimate of drug-likeness (QED) is 0.814. The standard InChI is InChI=1S/C16H30N2O2/c1-10(2)8-7-9-12(5)18-13(6)15(19)17-14(11(3)4)16(18)20/h10-14H,7-9H2,1-6H3,(H,17,19). The maximum Gasteiger partial charge on any atom is 0.246 e. The van der Waals surface area contributed by atoms with Gasteiger partial charge in [-0.25, -0.2) is 0 Å². The highest BCUT2D eigenvalue weighted by Gasteiger charge is 2.41. The van der Waals surface area contributed by atoms with E-state index in [1.54, 1.807) is 4.90 Å². The highest BCUT2D eigenvalue weighted by atomic mass is 16.2. The van der Waals surface area contributed by atoms with Gasteiger partial charge in [-0.05, 0) is 32.1 Å². The van der Waals surface area contributed by atoms with Crippen LogP contribution in [0.15, 0.2) is 0 Å². The Balaban J connectivity index is 2.73. The molecule has 4 heteroatoms. The van der Waals surface area contributed by atoms with Gasteiger partial charge in [-0.1, -0.05) is 40.5 Å². The fourth-order valence-electron chi connectivity index (χ4n) is 2.82. The maximum absolute atomic E-state index is 12.6. The number of piperazine rings is 1. The number of nitrogens with zero attached hydrogens (tertiary/aromatic N) is 1. The summed E-state index contributed by atoms with van der Waals surface area (Å²) in [7, 11) is 0. The first-order valence-electron chi connectivity index (χ1n) is 7.88. The van der Waals surface area contributed by atoms with Gasteiger partial charge in [-0.15, -0.1) is 0 Å². The van der Waals surface area contributed by atoms with Gasteiger partial charge in [-0.3, -0.25) is 9.59 Å². The van der Waals surface area contributed by atoms with Crippen molar-refractivity contribution >= 4 is 11.8 Å². The van der Waals surface area contributed by atoms with Crippen molar-refractivity contribution in [3.05, 3.63) is 0 Å². The molecule has 3 unspecified atom stereocenters. The van der Waals surface area contributed by atoms with Gasteiger partial charge < -0.3 is 10.2 Å². The summed E-state index contributed by atoms with van der Waals surface area (Å²) in [6.07, 6.45) is 3.23. The van der Waals surface area contributed by atoms with Gasteiger partial charge in [0.1, 0.15) is 12.1 Å². The molecular formula is C16H30N2O2. The van der Waals surface area contributed by atoms with E-state index in [-0.39, 0.29) is 35.9 Å². The number of carbonyl (C=O) groups excluding carboxylic acids is 2. The van der Waals surface area contributed by atoms with Crippen LogP contribution < -0.4 is 5.32 Å². The number of hydrogen-bond acceptors (Lipinski definition) is 2. The summed E-state index contributed by atoms with van der Waals surface area (Å²) in [5.41, 5.74) is 0. The second-order valence-corrected chi connectivity index (χ2v) is 6.83. The summed E-state index contributed by atoms with van der Waals surface area (Å²) in [5, 5.41) is 2.84. The summed E-state index contributed by atoms with van der Waals surface area (Å²) < 4.78 is 0. The molecule has 1 aliphatic heterocycles. The third-order valence-electron chi connectivity index (χ3n) is 4.16. The third-order valence-corrected chi connectivity index (χ3v) is 4.16. The number of rotatable bonds is 6. The fraction of sp³-hybridized carbons (Fsp3) is 0.875. The third kappa shape index (κ3) is 3.97. The summed E-state index contributed by atoms with van der Waals surface area (Å²) in [4.78, 5) is 26.4. The highest BCUT2D eigenvalue weighted by molar-refractivity contribution is 5.97. The lowest BCUT2D eigenvalue weighted by atomic mass is 9.95. The largest absolute Gasteiger partial charge is 0.342 e. The maximum atomic E-state index is 12.6. The van der Waals surface area contributed by atoms with Crippen molar-refractivity contribution < 1.29 is 9.59 Å². The lowest BCUT2D eigenvalue weighted by Gasteiger charge is -2.42. The Hall–Kier alpha value is -1.06. The zero-order chi connectivity index (χ0) is 15.4. The number of nitrogens with one attached hydrogen (secondary N) is 1. The monoisotopic (exact) mass is 282 g/mol. The SMILES string of the molecule is CC(C)CCCC(C)N1C(=O)C(C(C)C)NC(=O)C1C. The molecule has 1 heterocycles. The van der Waals surface area contributed by atoms with E-state index >= 15 is 0 Å². The van der Waals surface area contributed by atoms with Gasteiger partial charge in [0.25, 0.3) is 0 Å². The van der Waals surface area contributed by atoms with Gasteiger partial charge in [0.2, 0.25) is 11.8 Å². The molecule has 116 valence electrons. The minimum Gasteiger partial charge on any atom is -0.342 e. The fourth-order valence-corrected chi connectivity index (χ4v) is 2.82. The smallest absolute Gasteiger partial charge is 0.246 e. The van der Waals surface area contributed by atoms with Crippen molar-refractivity contribution in [1.82, 2.24) is 10.2 Å². The molecule has 1 aliphatic rings. The normalized spacial score (nSPS) is 25.3. The second kappa shape index (κ2) is 7.09. The number of carbonyl (C=O) groups is 2. The molecule has 1 saturated heterocycles. The first kappa shape index (κ1) is 17.0. The number of hydrogen-bond donors (Lipinski definition) is 1. The van der Waals surface area contributed by atoms with Crippen molar-refractivity contribution in [2.24, 2.45) is 11.8 Å². The molecule has 0 aliphatic carbocycles. The predicted molar refractivity (Wildman–Crippen MR) is 81.2 cm³/mol.